The van der Waals surface area contributed by atoms with Crippen LogP contribution in [0, 0.1) is 0 Å². The summed E-state index contributed by atoms with van der Waals surface area (Å²) in [6.07, 6.45) is 5.56. The topological polar surface area (TPSA) is 30.0 Å². The van der Waals surface area contributed by atoms with E-state index in [4.69, 9.17) is 4.98 Å². The van der Waals surface area contributed by atoms with Gasteiger partial charge in [0.15, 0.2) is 0 Å². The Morgan fingerprint density at radius 1 is 0.718 bits per heavy atom. The van der Waals surface area contributed by atoms with E-state index in [-0.39, 0.29) is 0 Å². The normalized spacial score (nSPS) is 15.2. The van der Waals surface area contributed by atoms with Crippen molar-refractivity contribution >= 4 is 51.1 Å². The smallest absolute Gasteiger partial charge is 0.109 e. The molecule has 1 atom stereocenters. The van der Waals surface area contributed by atoms with E-state index in [1.165, 1.54) is 43.8 Å². The van der Waals surface area contributed by atoms with Gasteiger partial charge in [0.1, 0.15) is 7.14 Å². The number of hydrogen-bond donors (Lipinski definition) is 0. The molecule has 1 aromatic heterocycles. The number of hydrogen-bond acceptors (Lipinski definition) is 2. The monoisotopic (exact) mass is 523 g/mol. The summed E-state index contributed by atoms with van der Waals surface area (Å²) in [6.45, 7) is 5.95. The van der Waals surface area contributed by atoms with Gasteiger partial charge in [-0.05, 0) is 64.9 Å². The fraction of sp³-hybridized carbons (Fsp3) is 0.139. The highest BCUT2D eigenvalue weighted by molar-refractivity contribution is 7.70. The maximum atomic E-state index is 12.6. The van der Waals surface area contributed by atoms with Crippen molar-refractivity contribution in [2.24, 2.45) is 0 Å². The van der Waals surface area contributed by atoms with E-state index in [2.05, 4.69) is 104 Å². The maximum Gasteiger partial charge on any atom is 0.109 e. The molecule has 190 valence electrons. The predicted molar refractivity (Wildman–Crippen MR) is 169 cm³/mol. The van der Waals surface area contributed by atoms with Crippen molar-refractivity contribution in [3.8, 4) is 22.3 Å². The van der Waals surface area contributed by atoms with Crippen LogP contribution in [-0.2, 0) is 4.57 Å². The Morgan fingerprint density at radius 2 is 1.46 bits per heavy atom. The molecule has 0 fully saturated rings. The maximum absolute atomic E-state index is 12.6. The fourth-order valence-electron chi connectivity index (χ4n) is 6.14. The molecule has 0 radical (unpaired) electrons. The minimum absolute atomic E-state index is 0.416. The van der Waals surface area contributed by atoms with Gasteiger partial charge in [0, 0.05) is 27.0 Å². The highest BCUT2D eigenvalue weighted by Crippen LogP contribution is 2.43. The van der Waals surface area contributed by atoms with Crippen LogP contribution in [0.15, 0.2) is 103 Å². The van der Waals surface area contributed by atoms with Gasteiger partial charge in [0.2, 0.25) is 0 Å². The van der Waals surface area contributed by atoms with E-state index in [9.17, 15) is 4.57 Å². The first-order chi connectivity index (χ1) is 18.9. The summed E-state index contributed by atoms with van der Waals surface area (Å²) in [5.74, 6) is 0.416. The van der Waals surface area contributed by atoms with Crippen molar-refractivity contribution in [3.63, 3.8) is 0 Å². The number of pyridine rings is 1. The van der Waals surface area contributed by atoms with Gasteiger partial charge < -0.3 is 4.57 Å². The lowest BCUT2D eigenvalue weighted by atomic mass is 9.84. The zero-order valence-electron chi connectivity index (χ0n) is 22.5. The molecule has 0 saturated heterocycles. The molecule has 1 aliphatic carbocycles. The van der Waals surface area contributed by atoms with Crippen molar-refractivity contribution in [2.45, 2.75) is 19.3 Å². The second-order valence-corrected chi connectivity index (χ2v) is 14.4. The summed E-state index contributed by atoms with van der Waals surface area (Å²) in [7, 11) is -2.29. The number of rotatable bonds is 3. The molecule has 6 aromatic rings. The summed E-state index contributed by atoms with van der Waals surface area (Å²) >= 11 is 0. The Hall–Kier alpha value is -4.00. The van der Waals surface area contributed by atoms with Crippen LogP contribution in [0.25, 0.3) is 60.9 Å². The van der Waals surface area contributed by atoms with E-state index >= 15 is 0 Å². The molecule has 0 saturated carbocycles. The quantitative estimate of drug-likeness (QED) is 0.131. The SMILES string of the molecule is CC1CC=Cc2ccc3c(-c4cccc(-c5ccc(P(C)(C)=O)cc5)c4)c4ccc5ccccc5c4nc3c21. The van der Waals surface area contributed by atoms with Crippen LogP contribution < -0.4 is 5.30 Å². The highest BCUT2D eigenvalue weighted by Gasteiger charge is 2.21. The molecule has 0 N–H and O–H groups in total. The minimum Gasteiger partial charge on any atom is -0.319 e. The molecule has 5 aromatic carbocycles. The van der Waals surface area contributed by atoms with Crippen LogP contribution in [0.5, 0.6) is 0 Å². The predicted octanol–water partition coefficient (Wildman–Crippen LogP) is 9.64. The van der Waals surface area contributed by atoms with E-state index in [0.29, 0.717) is 5.92 Å². The van der Waals surface area contributed by atoms with Gasteiger partial charge in [0.05, 0.1) is 11.0 Å². The molecule has 7 rings (SSSR count). The third kappa shape index (κ3) is 4.03. The lowest BCUT2D eigenvalue weighted by molar-refractivity contribution is 0.588. The molecule has 0 aliphatic heterocycles. The third-order valence-electron chi connectivity index (χ3n) is 8.17. The zero-order chi connectivity index (χ0) is 26.7. The van der Waals surface area contributed by atoms with Crippen molar-refractivity contribution in [2.75, 3.05) is 13.3 Å². The van der Waals surface area contributed by atoms with Crippen molar-refractivity contribution in [3.05, 3.63) is 114 Å². The first kappa shape index (κ1) is 24.1. The molecule has 0 amide bonds. The Labute approximate surface area is 229 Å². The average Bonchev–Trinajstić information content (AvgIpc) is 2.95. The molecule has 3 heteroatoms. The second kappa shape index (κ2) is 9.04. The fourth-order valence-corrected chi connectivity index (χ4v) is 7.01. The number of nitrogens with zero attached hydrogens (tertiary/aromatic N) is 1. The second-order valence-electron chi connectivity index (χ2n) is 11.2. The summed E-state index contributed by atoms with van der Waals surface area (Å²) in [5.41, 5.74) is 9.48. The van der Waals surface area contributed by atoms with Gasteiger partial charge >= 0.3 is 0 Å². The summed E-state index contributed by atoms with van der Waals surface area (Å²) in [5, 5.41) is 5.67. The van der Waals surface area contributed by atoms with Crippen molar-refractivity contribution < 1.29 is 4.57 Å². The van der Waals surface area contributed by atoms with E-state index in [1.54, 1.807) is 0 Å². The number of allylic oxidation sites excluding steroid dienone is 1. The number of benzene rings is 5. The average molecular weight is 524 g/mol. The van der Waals surface area contributed by atoms with Crippen LogP contribution in [0.4, 0.5) is 0 Å². The molecule has 0 spiro atoms. The van der Waals surface area contributed by atoms with E-state index in [1.807, 2.05) is 25.5 Å². The van der Waals surface area contributed by atoms with Crippen LogP contribution >= 0.6 is 7.14 Å². The van der Waals surface area contributed by atoms with Crippen LogP contribution in [0.2, 0.25) is 0 Å². The molecule has 0 bridgehead atoms. The van der Waals surface area contributed by atoms with Crippen LogP contribution in [0.3, 0.4) is 0 Å². The molecule has 2 nitrogen and oxygen atoms in total. The molecular weight excluding hydrogens is 493 g/mol. The van der Waals surface area contributed by atoms with Crippen molar-refractivity contribution in [1.82, 2.24) is 4.98 Å². The van der Waals surface area contributed by atoms with Gasteiger partial charge in [-0.1, -0.05) is 110 Å². The zero-order valence-corrected chi connectivity index (χ0v) is 23.4. The molecule has 39 heavy (non-hydrogen) atoms. The van der Waals surface area contributed by atoms with Gasteiger partial charge in [0.25, 0.3) is 0 Å². The van der Waals surface area contributed by atoms with Gasteiger partial charge in [-0.15, -0.1) is 0 Å². The Morgan fingerprint density at radius 3 is 2.28 bits per heavy atom. The highest BCUT2D eigenvalue weighted by atomic mass is 31.2. The Bertz CT molecular complexity index is 2000. The van der Waals surface area contributed by atoms with Crippen LogP contribution in [0.1, 0.15) is 30.4 Å². The molecule has 1 unspecified atom stereocenters. The van der Waals surface area contributed by atoms with Gasteiger partial charge in [-0.2, -0.15) is 0 Å². The summed E-state index contributed by atoms with van der Waals surface area (Å²) in [6, 6.07) is 34.5. The third-order valence-corrected chi connectivity index (χ3v) is 9.71. The Kier molecular flexibility index (Phi) is 5.58. The van der Waals surface area contributed by atoms with Crippen molar-refractivity contribution in [1.29, 1.82) is 0 Å². The first-order valence-electron chi connectivity index (χ1n) is 13.6. The van der Waals surface area contributed by atoms with Crippen LogP contribution in [-0.4, -0.2) is 18.3 Å². The minimum atomic E-state index is -2.29. The Balaban J connectivity index is 1.53. The largest absolute Gasteiger partial charge is 0.319 e. The first-order valence-corrected chi connectivity index (χ1v) is 16.2. The van der Waals surface area contributed by atoms with Gasteiger partial charge in [-0.3, -0.25) is 0 Å². The molecule has 1 aliphatic rings. The van der Waals surface area contributed by atoms with E-state index < -0.39 is 7.14 Å². The van der Waals surface area contributed by atoms with E-state index in [0.717, 1.165) is 33.9 Å². The molecular formula is C36H30NOP. The summed E-state index contributed by atoms with van der Waals surface area (Å²) < 4.78 is 12.6. The van der Waals surface area contributed by atoms with Gasteiger partial charge in [-0.25, -0.2) is 4.98 Å². The lowest BCUT2D eigenvalue weighted by Gasteiger charge is -2.22. The lowest BCUT2D eigenvalue weighted by Crippen LogP contribution is -2.03. The number of fused-ring (bicyclic) bond motifs is 6. The standard InChI is InChI=1S/C36H30NOP/c1-23-8-6-10-26-17-21-32-34(28-12-7-11-27(22-28)24-14-18-29(19-15-24)39(2,3)38)31-20-16-25-9-4-5-13-30(25)35(31)37-36(32)33(23)26/h4-7,9-23H,8H2,1-3H3. The summed E-state index contributed by atoms with van der Waals surface area (Å²) in [4.78, 5) is 5.41. The molecule has 1 heterocycles. The number of aromatic nitrogens is 1.